The number of aromatic nitrogens is 1. The summed E-state index contributed by atoms with van der Waals surface area (Å²) in [6, 6.07) is 15.3. The number of rotatable bonds is 8. The predicted molar refractivity (Wildman–Crippen MR) is 106 cm³/mol. The van der Waals surface area contributed by atoms with Crippen LogP contribution in [0, 0.1) is 5.92 Å². The molecule has 2 aromatic rings. The molecule has 28 heavy (non-hydrogen) atoms. The molecule has 2 heterocycles. The minimum absolute atomic E-state index is 0.00180. The van der Waals surface area contributed by atoms with E-state index in [0.29, 0.717) is 26.1 Å². The Kier molecular flexibility index (Phi) is 6.76. The monoisotopic (exact) mass is 381 g/mol. The lowest BCUT2D eigenvalue weighted by atomic mass is 9.92. The maximum atomic E-state index is 13.2. The molecule has 1 saturated heterocycles. The van der Waals surface area contributed by atoms with Gasteiger partial charge in [0.05, 0.1) is 18.6 Å². The quantitative estimate of drug-likeness (QED) is 0.704. The zero-order chi connectivity index (χ0) is 19.9. The Hall–Kier alpha value is -2.73. The molecule has 0 radical (unpaired) electrons. The van der Waals surface area contributed by atoms with Crippen molar-refractivity contribution >= 4 is 11.8 Å². The highest BCUT2D eigenvalue weighted by Gasteiger charge is 2.45. The van der Waals surface area contributed by atoms with Crippen LogP contribution in [0.5, 0.6) is 0 Å². The highest BCUT2D eigenvalue weighted by atomic mass is 16.5. The minimum atomic E-state index is -0.388. The highest BCUT2D eigenvalue weighted by Crippen LogP contribution is 2.38. The molecule has 0 saturated carbocycles. The number of carbonyl (C=O) groups excluding carboxylic acids is 2. The standard InChI is InChI=1S/C22H27N3O3/c1-24(13-11-18-10-6-7-12-23-18)22(27)19-16-20(26)25(14-15-28-2)21(19)17-8-4-3-5-9-17/h3-10,12,19,21H,11,13-16H2,1-2H3/t19-,21+/m1/s1. The number of likely N-dealkylation sites (tertiary alicyclic amines) is 1. The summed E-state index contributed by atoms with van der Waals surface area (Å²) in [6.07, 6.45) is 2.68. The Labute approximate surface area is 166 Å². The maximum Gasteiger partial charge on any atom is 0.228 e. The molecule has 0 spiro atoms. The van der Waals surface area contributed by atoms with Crippen LogP contribution in [0.3, 0.4) is 0 Å². The van der Waals surface area contributed by atoms with E-state index in [1.165, 1.54) is 0 Å². The third kappa shape index (κ3) is 4.57. The molecular formula is C22H27N3O3. The third-order valence-corrected chi connectivity index (χ3v) is 5.23. The number of benzene rings is 1. The van der Waals surface area contributed by atoms with Gasteiger partial charge in [0.15, 0.2) is 0 Å². The summed E-state index contributed by atoms with van der Waals surface area (Å²) in [5, 5.41) is 0. The summed E-state index contributed by atoms with van der Waals surface area (Å²) in [5.41, 5.74) is 1.94. The largest absolute Gasteiger partial charge is 0.383 e. The number of carbonyl (C=O) groups is 2. The van der Waals surface area contributed by atoms with E-state index in [1.54, 1.807) is 30.2 Å². The van der Waals surface area contributed by atoms with Crippen molar-refractivity contribution in [3.8, 4) is 0 Å². The van der Waals surface area contributed by atoms with Gasteiger partial charge in [0.1, 0.15) is 0 Å². The first-order valence-corrected chi connectivity index (χ1v) is 9.60. The fourth-order valence-corrected chi connectivity index (χ4v) is 3.75. The number of amides is 2. The predicted octanol–water partition coefficient (Wildman–Crippen LogP) is 2.32. The summed E-state index contributed by atoms with van der Waals surface area (Å²) in [7, 11) is 3.42. The molecule has 1 aromatic carbocycles. The zero-order valence-corrected chi connectivity index (χ0v) is 16.5. The molecule has 1 aliphatic rings. The van der Waals surface area contributed by atoms with Gasteiger partial charge in [0.2, 0.25) is 11.8 Å². The van der Waals surface area contributed by atoms with Gasteiger partial charge in [-0.15, -0.1) is 0 Å². The van der Waals surface area contributed by atoms with Crippen LogP contribution in [0.4, 0.5) is 0 Å². The van der Waals surface area contributed by atoms with Gasteiger partial charge in [0.25, 0.3) is 0 Å². The maximum absolute atomic E-state index is 13.2. The lowest BCUT2D eigenvalue weighted by Crippen LogP contribution is -2.38. The molecule has 148 valence electrons. The Morgan fingerprint density at radius 3 is 2.64 bits per heavy atom. The van der Waals surface area contributed by atoms with E-state index < -0.39 is 0 Å². The summed E-state index contributed by atoms with van der Waals surface area (Å²) in [6.45, 7) is 1.50. The van der Waals surface area contributed by atoms with Crippen LogP contribution in [0.2, 0.25) is 0 Å². The van der Waals surface area contributed by atoms with E-state index in [4.69, 9.17) is 4.74 Å². The van der Waals surface area contributed by atoms with Crippen LogP contribution in [0.15, 0.2) is 54.7 Å². The van der Waals surface area contributed by atoms with Crippen molar-refractivity contribution in [1.82, 2.24) is 14.8 Å². The van der Waals surface area contributed by atoms with E-state index >= 15 is 0 Å². The second-order valence-electron chi connectivity index (χ2n) is 7.08. The fraction of sp³-hybridized carbons (Fsp3) is 0.409. The first kappa shape index (κ1) is 20.0. The summed E-state index contributed by atoms with van der Waals surface area (Å²) in [4.78, 5) is 33.7. The molecular weight excluding hydrogens is 354 g/mol. The lowest BCUT2D eigenvalue weighted by Gasteiger charge is -2.30. The summed E-state index contributed by atoms with van der Waals surface area (Å²) >= 11 is 0. The Morgan fingerprint density at radius 1 is 1.21 bits per heavy atom. The van der Waals surface area contributed by atoms with Crippen molar-refractivity contribution in [3.05, 3.63) is 66.0 Å². The average Bonchev–Trinajstić information content (AvgIpc) is 3.07. The van der Waals surface area contributed by atoms with Gasteiger partial charge in [0, 0.05) is 52.0 Å². The first-order valence-electron chi connectivity index (χ1n) is 9.60. The van der Waals surface area contributed by atoms with Gasteiger partial charge in [-0.2, -0.15) is 0 Å². The van der Waals surface area contributed by atoms with Crippen molar-refractivity contribution in [2.75, 3.05) is 33.9 Å². The molecule has 0 N–H and O–H groups in total. The van der Waals surface area contributed by atoms with Gasteiger partial charge in [-0.25, -0.2) is 0 Å². The number of hydrogen-bond acceptors (Lipinski definition) is 4. The van der Waals surface area contributed by atoms with Gasteiger partial charge >= 0.3 is 0 Å². The van der Waals surface area contributed by atoms with Crippen LogP contribution >= 0.6 is 0 Å². The second kappa shape index (κ2) is 9.46. The smallest absolute Gasteiger partial charge is 0.228 e. The second-order valence-corrected chi connectivity index (χ2v) is 7.08. The minimum Gasteiger partial charge on any atom is -0.383 e. The van der Waals surface area contributed by atoms with Gasteiger partial charge in [-0.1, -0.05) is 36.4 Å². The topological polar surface area (TPSA) is 62.7 Å². The fourth-order valence-electron chi connectivity index (χ4n) is 3.75. The normalized spacial score (nSPS) is 19.1. The molecule has 1 aliphatic heterocycles. The SMILES string of the molecule is COCCN1C(=O)C[C@@H](C(=O)N(C)CCc2ccccn2)[C@@H]1c1ccccc1. The van der Waals surface area contributed by atoms with Crippen molar-refractivity contribution in [2.45, 2.75) is 18.9 Å². The van der Waals surface area contributed by atoms with Crippen molar-refractivity contribution < 1.29 is 14.3 Å². The molecule has 6 nitrogen and oxygen atoms in total. The van der Waals surface area contributed by atoms with Crippen LogP contribution in [-0.2, 0) is 20.7 Å². The van der Waals surface area contributed by atoms with E-state index in [-0.39, 0.29) is 30.2 Å². The molecule has 2 atom stereocenters. The highest BCUT2D eigenvalue weighted by molar-refractivity contribution is 5.90. The number of ether oxygens (including phenoxy) is 1. The third-order valence-electron chi connectivity index (χ3n) is 5.23. The van der Waals surface area contributed by atoms with Crippen molar-refractivity contribution in [2.24, 2.45) is 5.92 Å². The molecule has 1 aromatic heterocycles. The van der Waals surface area contributed by atoms with E-state index in [1.807, 2.05) is 48.5 Å². The number of likely N-dealkylation sites (N-methyl/N-ethyl adjacent to an activating group) is 1. The molecule has 0 unspecified atom stereocenters. The molecule has 0 aliphatic carbocycles. The number of hydrogen-bond donors (Lipinski definition) is 0. The first-order chi connectivity index (χ1) is 13.6. The van der Waals surface area contributed by atoms with E-state index in [9.17, 15) is 9.59 Å². The molecule has 2 amide bonds. The molecule has 3 rings (SSSR count). The number of nitrogens with zero attached hydrogens (tertiary/aromatic N) is 3. The van der Waals surface area contributed by atoms with Gasteiger partial charge in [-0.05, 0) is 17.7 Å². The van der Waals surface area contributed by atoms with Gasteiger partial charge < -0.3 is 14.5 Å². The summed E-state index contributed by atoms with van der Waals surface area (Å²) in [5.74, 6) is -0.388. The lowest BCUT2D eigenvalue weighted by molar-refractivity contribution is -0.135. The van der Waals surface area contributed by atoms with Crippen molar-refractivity contribution in [1.29, 1.82) is 0 Å². The van der Waals surface area contributed by atoms with Crippen LogP contribution < -0.4 is 0 Å². The van der Waals surface area contributed by atoms with Crippen LogP contribution in [-0.4, -0.2) is 60.5 Å². The number of pyridine rings is 1. The number of methoxy groups -OCH3 is 1. The van der Waals surface area contributed by atoms with E-state index in [2.05, 4.69) is 4.98 Å². The molecule has 0 bridgehead atoms. The van der Waals surface area contributed by atoms with E-state index in [0.717, 1.165) is 11.3 Å². The van der Waals surface area contributed by atoms with Crippen molar-refractivity contribution in [3.63, 3.8) is 0 Å². The van der Waals surface area contributed by atoms with Crippen LogP contribution in [0.1, 0.15) is 23.7 Å². The average molecular weight is 381 g/mol. The Bertz CT molecular complexity index is 782. The zero-order valence-electron chi connectivity index (χ0n) is 16.5. The Balaban J connectivity index is 1.75. The van der Waals surface area contributed by atoms with Crippen LogP contribution in [0.25, 0.3) is 0 Å². The van der Waals surface area contributed by atoms with Gasteiger partial charge in [-0.3, -0.25) is 14.6 Å². The summed E-state index contributed by atoms with van der Waals surface area (Å²) < 4.78 is 5.17. The Morgan fingerprint density at radius 2 is 1.96 bits per heavy atom. The molecule has 1 fully saturated rings. The molecule has 6 heteroatoms.